The van der Waals surface area contributed by atoms with Crippen LogP contribution in [0.15, 0.2) is 53.6 Å². The van der Waals surface area contributed by atoms with Crippen molar-refractivity contribution in [2.24, 2.45) is 0 Å². The molecule has 3 heterocycles. The molecule has 0 aliphatic carbocycles. The Balaban J connectivity index is 1.62. The van der Waals surface area contributed by atoms with E-state index in [0.717, 1.165) is 28.6 Å². The molecule has 146 valence electrons. The maximum absolute atomic E-state index is 13.1. The number of amides is 1. The van der Waals surface area contributed by atoms with Crippen LogP contribution in [0.4, 0.5) is 0 Å². The van der Waals surface area contributed by atoms with Crippen molar-refractivity contribution in [3.05, 3.63) is 60.0 Å². The van der Waals surface area contributed by atoms with Crippen LogP contribution in [0.5, 0.6) is 0 Å². The van der Waals surface area contributed by atoms with E-state index < -0.39 is 10.0 Å². The van der Waals surface area contributed by atoms with Gasteiger partial charge < -0.3 is 4.90 Å². The highest BCUT2D eigenvalue weighted by atomic mass is 32.2. The number of aromatic nitrogens is 3. The molecule has 0 spiro atoms. The molecule has 1 amide bonds. The third-order valence-electron chi connectivity index (χ3n) is 5.03. The summed E-state index contributed by atoms with van der Waals surface area (Å²) in [7, 11) is -0.566. The molecule has 1 atom stereocenters. The molecule has 0 N–H and O–H groups in total. The highest BCUT2D eigenvalue weighted by Crippen LogP contribution is 2.32. The van der Waals surface area contributed by atoms with Gasteiger partial charge in [-0.3, -0.25) is 9.20 Å². The summed E-state index contributed by atoms with van der Waals surface area (Å²) in [6, 6.07) is 11.6. The van der Waals surface area contributed by atoms with E-state index >= 15 is 0 Å². The molecule has 28 heavy (non-hydrogen) atoms. The molecule has 8 nitrogen and oxygen atoms in total. The first kappa shape index (κ1) is 18.6. The quantitative estimate of drug-likeness (QED) is 0.669. The number of sulfonamides is 1. The van der Waals surface area contributed by atoms with E-state index in [4.69, 9.17) is 0 Å². The Morgan fingerprint density at radius 3 is 2.57 bits per heavy atom. The standard InChI is InChI=1S/C19H21N5O3S/c1-22(2)28(26,27)15-10-8-14(9-11-15)19(25)23-13-5-6-16(23)18-21-20-17-7-3-4-12-24(17)18/h3-4,7-12,16H,5-6,13H2,1-2H3/t16-/m1/s1. The molecule has 2 aromatic heterocycles. The lowest BCUT2D eigenvalue weighted by atomic mass is 10.1. The average molecular weight is 399 g/mol. The number of carbonyl (C=O) groups is 1. The van der Waals surface area contributed by atoms with Gasteiger partial charge in [0.15, 0.2) is 11.5 Å². The lowest BCUT2D eigenvalue weighted by molar-refractivity contribution is 0.0729. The number of hydrogen-bond acceptors (Lipinski definition) is 5. The monoisotopic (exact) mass is 399 g/mol. The summed E-state index contributed by atoms with van der Waals surface area (Å²) in [6.07, 6.45) is 3.59. The molecule has 1 aliphatic heterocycles. The largest absolute Gasteiger partial charge is 0.328 e. The molecule has 1 aliphatic rings. The van der Waals surface area contributed by atoms with E-state index in [9.17, 15) is 13.2 Å². The number of pyridine rings is 1. The Bertz CT molecular complexity index is 1120. The molecule has 9 heteroatoms. The summed E-state index contributed by atoms with van der Waals surface area (Å²) in [4.78, 5) is 15.0. The first-order valence-electron chi connectivity index (χ1n) is 9.03. The summed E-state index contributed by atoms with van der Waals surface area (Å²) in [6.45, 7) is 0.628. The highest BCUT2D eigenvalue weighted by Gasteiger charge is 2.33. The van der Waals surface area contributed by atoms with Crippen LogP contribution in [0.1, 0.15) is 35.1 Å². The minimum absolute atomic E-state index is 0.135. The zero-order valence-corrected chi connectivity index (χ0v) is 16.5. The van der Waals surface area contributed by atoms with E-state index in [2.05, 4.69) is 10.2 Å². The van der Waals surface area contributed by atoms with Gasteiger partial charge in [-0.1, -0.05) is 6.07 Å². The lowest BCUT2D eigenvalue weighted by Crippen LogP contribution is -2.31. The fourth-order valence-electron chi connectivity index (χ4n) is 3.51. The van der Waals surface area contributed by atoms with Gasteiger partial charge in [-0.05, 0) is 49.2 Å². The first-order valence-corrected chi connectivity index (χ1v) is 10.5. The Morgan fingerprint density at radius 1 is 1.11 bits per heavy atom. The smallest absolute Gasteiger partial charge is 0.254 e. The Kier molecular flexibility index (Phi) is 4.64. The Labute approximate surface area is 163 Å². The van der Waals surface area contributed by atoms with Crippen LogP contribution in [0.3, 0.4) is 0 Å². The van der Waals surface area contributed by atoms with Crippen molar-refractivity contribution >= 4 is 21.6 Å². The molecule has 0 unspecified atom stereocenters. The van der Waals surface area contributed by atoms with Crippen LogP contribution in [0, 0.1) is 0 Å². The second kappa shape index (κ2) is 6.99. The third-order valence-corrected chi connectivity index (χ3v) is 6.86. The van der Waals surface area contributed by atoms with E-state index in [1.54, 1.807) is 17.0 Å². The fraction of sp³-hybridized carbons (Fsp3) is 0.316. The van der Waals surface area contributed by atoms with E-state index in [0.29, 0.717) is 12.1 Å². The van der Waals surface area contributed by atoms with Crippen LogP contribution in [0.25, 0.3) is 5.65 Å². The normalized spacial score (nSPS) is 17.5. The number of rotatable bonds is 4. The third kappa shape index (κ3) is 3.06. The second-order valence-electron chi connectivity index (χ2n) is 6.96. The Morgan fingerprint density at radius 2 is 1.86 bits per heavy atom. The van der Waals surface area contributed by atoms with Gasteiger partial charge in [0.05, 0.1) is 10.9 Å². The number of benzene rings is 1. The molecule has 1 aromatic carbocycles. The van der Waals surface area contributed by atoms with Gasteiger partial charge >= 0.3 is 0 Å². The van der Waals surface area contributed by atoms with Crippen LogP contribution in [-0.4, -0.2) is 58.8 Å². The summed E-state index contributed by atoms with van der Waals surface area (Å²) >= 11 is 0. The van der Waals surface area contributed by atoms with Crippen LogP contribution < -0.4 is 0 Å². The van der Waals surface area contributed by atoms with E-state index in [1.807, 2.05) is 28.8 Å². The summed E-state index contributed by atoms with van der Waals surface area (Å²) in [5.41, 5.74) is 1.20. The second-order valence-corrected chi connectivity index (χ2v) is 9.11. The molecular weight excluding hydrogens is 378 g/mol. The number of hydrogen-bond donors (Lipinski definition) is 0. The van der Waals surface area contributed by atoms with Crippen LogP contribution in [0.2, 0.25) is 0 Å². The summed E-state index contributed by atoms with van der Waals surface area (Å²) < 4.78 is 27.5. The summed E-state index contributed by atoms with van der Waals surface area (Å²) in [5, 5.41) is 8.49. The van der Waals surface area contributed by atoms with Crippen molar-refractivity contribution in [3.63, 3.8) is 0 Å². The first-order chi connectivity index (χ1) is 13.4. The van der Waals surface area contributed by atoms with Crippen molar-refractivity contribution in [1.29, 1.82) is 0 Å². The van der Waals surface area contributed by atoms with Gasteiger partial charge in [0.1, 0.15) is 0 Å². The summed E-state index contributed by atoms with van der Waals surface area (Å²) in [5.74, 6) is 0.609. The number of fused-ring (bicyclic) bond motifs is 1. The molecule has 0 saturated carbocycles. The van der Waals surface area contributed by atoms with Crippen LogP contribution in [-0.2, 0) is 10.0 Å². The van der Waals surface area contributed by atoms with Gasteiger partial charge in [0.2, 0.25) is 10.0 Å². The highest BCUT2D eigenvalue weighted by molar-refractivity contribution is 7.89. The zero-order chi connectivity index (χ0) is 19.9. The van der Waals surface area contributed by atoms with Gasteiger partial charge in [0.25, 0.3) is 5.91 Å². The van der Waals surface area contributed by atoms with Gasteiger partial charge in [0, 0.05) is 32.4 Å². The maximum Gasteiger partial charge on any atom is 0.254 e. The molecule has 4 rings (SSSR count). The lowest BCUT2D eigenvalue weighted by Gasteiger charge is -2.23. The molecule has 0 bridgehead atoms. The van der Waals surface area contributed by atoms with Crippen molar-refractivity contribution in [1.82, 2.24) is 23.8 Å². The topological polar surface area (TPSA) is 87.9 Å². The molecule has 3 aromatic rings. The van der Waals surface area contributed by atoms with Crippen molar-refractivity contribution in [2.75, 3.05) is 20.6 Å². The van der Waals surface area contributed by atoms with Crippen molar-refractivity contribution in [3.8, 4) is 0 Å². The minimum Gasteiger partial charge on any atom is -0.328 e. The average Bonchev–Trinajstić information content (AvgIpc) is 3.34. The minimum atomic E-state index is -3.52. The van der Waals surface area contributed by atoms with E-state index in [1.165, 1.54) is 26.2 Å². The zero-order valence-electron chi connectivity index (χ0n) is 15.7. The number of carbonyl (C=O) groups excluding carboxylic acids is 1. The van der Waals surface area contributed by atoms with Gasteiger partial charge in [-0.15, -0.1) is 10.2 Å². The van der Waals surface area contributed by atoms with E-state index in [-0.39, 0.29) is 16.8 Å². The molecule has 1 saturated heterocycles. The van der Waals surface area contributed by atoms with Gasteiger partial charge in [-0.25, -0.2) is 12.7 Å². The maximum atomic E-state index is 13.1. The predicted octanol–water partition coefficient (Wildman–Crippen LogP) is 1.96. The number of nitrogens with zero attached hydrogens (tertiary/aromatic N) is 5. The SMILES string of the molecule is CN(C)S(=O)(=O)c1ccc(C(=O)N2CCC[C@@H]2c2nnc3ccccn23)cc1. The van der Waals surface area contributed by atoms with Gasteiger partial charge in [-0.2, -0.15) is 0 Å². The van der Waals surface area contributed by atoms with Crippen LogP contribution >= 0.6 is 0 Å². The Hall–Kier alpha value is -2.78. The van der Waals surface area contributed by atoms with Crippen molar-refractivity contribution < 1.29 is 13.2 Å². The molecular formula is C19H21N5O3S. The van der Waals surface area contributed by atoms with Crippen molar-refractivity contribution in [2.45, 2.75) is 23.8 Å². The number of likely N-dealkylation sites (tertiary alicyclic amines) is 1. The molecule has 0 radical (unpaired) electrons. The fourth-order valence-corrected chi connectivity index (χ4v) is 4.41. The predicted molar refractivity (Wildman–Crippen MR) is 103 cm³/mol. The molecule has 1 fully saturated rings.